The topological polar surface area (TPSA) is 149 Å². The molecule has 126 valence electrons. The number of aliphatic hydroxyl groups excluding tert-OH is 2. The van der Waals surface area contributed by atoms with Gasteiger partial charge in [0.2, 0.25) is 11.8 Å². The molecule has 10 nitrogen and oxygen atoms in total. The van der Waals surface area contributed by atoms with Gasteiger partial charge in [-0.2, -0.15) is 9.97 Å². The molecule has 23 heavy (non-hydrogen) atoms. The van der Waals surface area contributed by atoms with Gasteiger partial charge in [0.15, 0.2) is 21.2 Å². The number of nitrogens with zero attached hydrogens (tertiary/aromatic N) is 4. The molecule has 0 spiro atoms. The molecular weight excluding hydrogens is 421 g/mol. The first-order valence-corrected chi connectivity index (χ1v) is 7.80. The van der Waals surface area contributed by atoms with E-state index in [-0.39, 0.29) is 11.8 Å². The van der Waals surface area contributed by atoms with Crippen LogP contribution in [0.4, 0.5) is 5.95 Å². The molecule has 0 aromatic carbocycles. The number of methoxy groups -OCH3 is 1. The van der Waals surface area contributed by atoms with E-state index in [1.165, 1.54) is 18.6 Å². The molecule has 3 heterocycles. The van der Waals surface area contributed by atoms with Crippen LogP contribution in [0.2, 0.25) is 0 Å². The van der Waals surface area contributed by atoms with Crippen molar-refractivity contribution < 1.29 is 24.8 Å². The van der Waals surface area contributed by atoms with Gasteiger partial charge in [0.1, 0.15) is 17.8 Å². The molecule has 0 radical (unpaired) electrons. The van der Waals surface area contributed by atoms with Crippen molar-refractivity contribution in [2.45, 2.75) is 31.0 Å². The van der Waals surface area contributed by atoms with E-state index in [4.69, 9.17) is 15.2 Å². The van der Waals surface area contributed by atoms with E-state index in [1.807, 2.05) is 22.6 Å². The van der Waals surface area contributed by atoms with E-state index in [1.54, 1.807) is 0 Å². The zero-order valence-corrected chi connectivity index (χ0v) is 14.5. The first-order valence-electron chi connectivity index (χ1n) is 6.73. The summed E-state index contributed by atoms with van der Waals surface area (Å²) in [4.78, 5) is 12.4. The molecule has 2 aromatic heterocycles. The number of halogens is 1. The Balaban J connectivity index is 2.21. The van der Waals surface area contributed by atoms with E-state index in [9.17, 15) is 15.3 Å². The Morgan fingerprint density at radius 1 is 1.43 bits per heavy atom. The molecule has 11 heteroatoms. The van der Waals surface area contributed by atoms with Gasteiger partial charge in [-0.25, -0.2) is 4.98 Å². The van der Waals surface area contributed by atoms with Crippen LogP contribution in [0.5, 0.6) is 5.88 Å². The lowest BCUT2D eigenvalue weighted by molar-refractivity contribution is -0.0961. The molecule has 1 fully saturated rings. The van der Waals surface area contributed by atoms with Crippen LogP contribution >= 0.6 is 22.6 Å². The third-order valence-electron chi connectivity index (χ3n) is 3.84. The molecule has 3 rings (SSSR count). The fourth-order valence-corrected chi connectivity index (χ4v) is 3.38. The highest BCUT2D eigenvalue weighted by Gasteiger charge is 2.53. The summed E-state index contributed by atoms with van der Waals surface area (Å²) in [5, 5.41) is 30.1. The molecule has 4 atom stereocenters. The molecule has 0 aliphatic carbocycles. The fourth-order valence-electron chi connectivity index (χ4n) is 2.65. The first kappa shape index (κ1) is 16.6. The second-order valence-corrected chi connectivity index (χ2v) is 6.36. The highest BCUT2D eigenvalue weighted by molar-refractivity contribution is 14.1. The van der Waals surface area contributed by atoms with Crippen LogP contribution in [0.3, 0.4) is 0 Å². The van der Waals surface area contributed by atoms with E-state index in [2.05, 4.69) is 15.0 Å². The predicted molar refractivity (Wildman–Crippen MR) is 86.6 cm³/mol. The lowest BCUT2D eigenvalue weighted by Gasteiger charge is -2.27. The number of fused-ring (bicyclic) bond motifs is 1. The number of nitrogens with two attached hydrogens (primary N) is 1. The summed E-state index contributed by atoms with van der Waals surface area (Å²) >= 11 is 1.94. The molecular formula is C12H16IN5O5. The number of imidazole rings is 1. The number of anilines is 1. The van der Waals surface area contributed by atoms with Gasteiger partial charge < -0.3 is 30.5 Å². The van der Waals surface area contributed by atoms with Crippen molar-refractivity contribution in [1.82, 2.24) is 19.5 Å². The minimum absolute atomic E-state index is 0.0243. The summed E-state index contributed by atoms with van der Waals surface area (Å²) in [5.41, 5.74) is 4.68. The van der Waals surface area contributed by atoms with Gasteiger partial charge in [-0.15, -0.1) is 0 Å². The maximum atomic E-state index is 10.6. The molecule has 0 unspecified atom stereocenters. The maximum Gasteiger partial charge on any atom is 0.247 e. The first-order chi connectivity index (χ1) is 10.8. The number of nitrogen functional groups attached to an aromatic ring is 1. The van der Waals surface area contributed by atoms with E-state index in [0.29, 0.717) is 15.0 Å². The SMILES string of the molecule is COc1nc(N)nc2c1nc(I)n2[C@@H]1O[C@H](CO)[C@@H](O)[C@@]1(C)O. The van der Waals surface area contributed by atoms with E-state index >= 15 is 0 Å². The lowest BCUT2D eigenvalue weighted by Crippen LogP contribution is -2.44. The number of hydrogen-bond donors (Lipinski definition) is 4. The summed E-state index contributed by atoms with van der Waals surface area (Å²) in [7, 11) is 1.43. The molecule has 1 aliphatic heterocycles. The van der Waals surface area contributed by atoms with Crippen molar-refractivity contribution in [3.63, 3.8) is 0 Å². The molecule has 1 saturated heterocycles. The van der Waals surface area contributed by atoms with E-state index in [0.717, 1.165) is 0 Å². The summed E-state index contributed by atoms with van der Waals surface area (Å²) in [5.74, 6) is 0.171. The average Bonchev–Trinajstić information content (AvgIpc) is 2.93. The lowest BCUT2D eigenvalue weighted by atomic mass is 9.96. The fraction of sp³-hybridized carbons (Fsp3) is 0.583. The Morgan fingerprint density at radius 2 is 2.13 bits per heavy atom. The zero-order valence-electron chi connectivity index (χ0n) is 12.3. The van der Waals surface area contributed by atoms with Crippen LogP contribution in [0.1, 0.15) is 13.2 Å². The van der Waals surface area contributed by atoms with Crippen molar-refractivity contribution in [1.29, 1.82) is 0 Å². The van der Waals surface area contributed by atoms with Crippen molar-refractivity contribution in [3.8, 4) is 5.88 Å². The van der Waals surface area contributed by atoms with Gasteiger partial charge in [0.05, 0.1) is 13.7 Å². The monoisotopic (exact) mass is 437 g/mol. The van der Waals surface area contributed by atoms with Crippen molar-refractivity contribution in [2.24, 2.45) is 0 Å². The number of aliphatic hydroxyl groups is 3. The molecule has 0 amide bonds. The Kier molecular flexibility index (Phi) is 4.08. The minimum atomic E-state index is -1.66. The van der Waals surface area contributed by atoms with Gasteiger partial charge in [-0.3, -0.25) is 4.57 Å². The van der Waals surface area contributed by atoms with Gasteiger partial charge in [0, 0.05) is 22.6 Å². The average molecular weight is 437 g/mol. The van der Waals surface area contributed by atoms with Crippen molar-refractivity contribution in [3.05, 3.63) is 3.83 Å². The van der Waals surface area contributed by atoms with Gasteiger partial charge >= 0.3 is 0 Å². The summed E-state index contributed by atoms with van der Waals surface area (Å²) in [6.45, 7) is 0.985. The van der Waals surface area contributed by atoms with E-state index < -0.39 is 30.6 Å². The largest absolute Gasteiger partial charge is 0.479 e. The Labute approximate surface area is 144 Å². The summed E-state index contributed by atoms with van der Waals surface area (Å²) in [6.07, 6.45) is -3.21. The second-order valence-electron chi connectivity index (χ2n) is 5.39. The predicted octanol–water partition coefficient (Wildman–Crippen LogP) is -0.977. The second kappa shape index (κ2) is 5.66. The highest BCUT2D eigenvalue weighted by Crippen LogP contribution is 2.41. The smallest absolute Gasteiger partial charge is 0.247 e. The van der Waals surface area contributed by atoms with Crippen LogP contribution in [0.15, 0.2) is 0 Å². The number of ether oxygens (including phenoxy) is 2. The number of hydrogen-bond acceptors (Lipinski definition) is 9. The van der Waals surface area contributed by atoms with Crippen LogP contribution in [-0.2, 0) is 4.74 Å². The third kappa shape index (κ3) is 2.42. The molecule has 5 N–H and O–H groups in total. The maximum absolute atomic E-state index is 10.6. The summed E-state index contributed by atoms with van der Waals surface area (Å²) in [6, 6.07) is 0. The quantitative estimate of drug-likeness (QED) is 0.351. The van der Waals surface area contributed by atoms with Crippen molar-refractivity contribution in [2.75, 3.05) is 19.5 Å². The van der Waals surface area contributed by atoms with Gasteiger partial charge in [-0.05, 0) is 6.92 Å². The van der Waals surface area contributed by atoms with Crippen LogP contribution in [0.25, 0.3) is 11.2 Å². The minimum Gasteiger partial charge on any atom is -0.479 e. The highest BCUT2D eigenvalue weighted by atomic mass is 127. The molecule has 0 bridgehead atoms. The Bertz CT molecular complexity index is 751. The Hall–Kier alpha value is -1.28. The van der Waals surface area contributed by atoms with Crippen LogP contribution in [-0.4, -0.2) is 66.4 Å². The third-order valence-corrected chi connectivity index (χ3v) is 4.61. The number of rotatable bonds is 3. The normalized spacial score (nSPS) is 31.0. The van der Waals surface area contributed by atoms with Crippen molar-refractivity contribution >= 4 is 39.7 Å². The van der Waals surface area contributed by atoms with Gasteiger partial charge in [-0.1, -0.05) is 0 Å². The molecule has 0 saturated carbocycles. The summed E-state index contributed by atoms with van der Waals surface area (Å²) < 4.78 is 12.7. The van der Waals surface area contributed by atoms with Crippen LogP contribution in [0, 0.1) is 3.83 Å². The van der Waals surface area contributed by atoms with Gasteiger partial charge in [0.25, 0.3) is 0 Å². The Morgan fingerprint density at radius 3 is 2.70 bits per heavy atom. The molecule has 1 aliphatic rings. The zero-order chi connectivity index (χ0) is 16.9. The molecule has 2 aromatic rings. The standard InChI is InChI=1S/C12H16IN5O5/c1-12(21)6(20)4(3-19)23-9(12)18-7-5(15-10(18)13)8(22-2)17-11(14)16-7/h4,6,9,19-21H,3H2,1-2H3,(H2,14,16,17)/t4-,6-,9-,12-/m1/s1. The number of aromatic nitrogens is 4. The van der Waals surface area contributed by atoms with Crippen LogP contribution < -0.4 is 10.5 Å².